The van der Waals surface area contributed by atoms with E-state index in [0.29, 0.717) is 13.1 Å². The van der Waals surface area contributed by atoms with Gasteiger partial charge in [0, 0.05) is 32.9 Å². The van der Waals surface area contributed by atoms with Gasteiger partial charge in [0.2, 0.25) is 0 Å². The van der Waals surface area contributed by atoms with E-state index in [4.69, 9.17) is 0 Å². The Morgan fingerprint density at radius 1 is 0.952 bits per heavy atom. The Morgan fingerprint density at radius 2 is 1.57 bits per heavy atom. The number of hydrogen-bond donors (Lipinski definition) is 1. The first kappa shape index (κ1) is 14.9. The van der Waals surface area contributed by atoms with Crippen LogP contribution in [0.25, 0.3) is 0 Å². The van der Waals surface area contributed by atoms with Gasteiger partial charge in [0.25, 0.3) is 0 Å². The van der Waals surface area contributed by atoms with Gasteiger partial charge in [-0.25, -0.2) is 4.79 Å². The van der Waals surface area contributed by atoms with E-state index in [1.165, 1.54) is 4.90 Å². The van der Waals surface area contributed by atoms with Crippen molar-refractivity contribution in [1.82, 2.24) is 4.90 Å². The molecule has 1 amide bonds. The average molecular weight is 284 g/mol. The highest BCUT2D eigenvalue weighted by Gasteiger charge is 2.13. The first-order chi connectivity index (χ1) is 10.1. The molecule has 0 saturated carbocycles. The highest BCUT2D eigenvalue weighted by atomic mass is 16.4. The van der Waals surface area contributed by atoms with E-state index in [9.17, 15) is 9.90 Å². The minimum Gasteiger partial charge on any atom is -0.465 e. The number of benzene rings is 2. The summed E-state index contributed by atoms with van der Waals surface area (Å²) in [5, 5.41) is 9.39. The lowest BCUT2D eigenvalue weighted by atomic mass is 10.1. The molecule has 0 heterocycles. The summed E-state index contributed by atoms with van der Waals surface area (Å²) in [6, 6.07) is 17.6. The number of amides is 1. The topological polar surface area (TPSA) is 43.8 Å². The molecule has 4 nitrogen and oxygen atoms in total. The fourth-order valence-electron chi connectivity index (χ4n) is 2.15. The van der Waals surface area contributed by atoms with Gasteiger partial charge < -0.3 is 10.0 Å². The van der Waals surface area contributed by atoms with Crippen molar-refractivity contribution in [1.29, 1.82) is 0 Å². The molecule has 0 radical (unpaired) electrons. The maximum absolute atomic E-state index is 11.4. The van der Waals surface area contributed by atoms with Gasteiger partial charge in [0.05, 0.1) is 0 Å². The maximum atomic E-state index is 11.4. The monoisotopic (exact) mass is 284 g/mol. The molecule has 0 aliphatic rings. The fraction of sp³-hybridized carbons (Fsp3) is 0.235. The van der Waals surface area contributed by atoms with E-state index in [1.54, 1.807) is 0 Å². The second kappa shape index (κ2) is 6.79. The molecule has 0 spiro atoms. The van der Waals surface area contributed by atoms with E-state index in [2.05, 4.69) is 0 Å². The molecule has 2 aromatic rings. The zero-order valence-electron chi connectivity index (χ0n) is 12.4. The lowest BCUT2D eigenvalue weighted by Crippen LogP contribution is -2.28. The summed E-state index contributed by atoms with van der Waals surface area (Å²) in [7, 11) is 3.94. The predicted molar refractivity (Wildman–Crippen MR) is 84.5 cm³/mol. The number of carbonyl (C=O) groups is 1. The Balaban J connectivity index is 2.13. The number of rotatable bonds is 5. The second-order valence-corrected chi connectivity index (χ2v) is 5.19. The van der Waals surface area contributed by atoms with Gasteiger partial charge in [0.1, 0.15) is 0 Å². The molecule has 0 saturated heterocycles. The van der Waals surface area contributed by atoms with Crippen LogP contribution in [0, 0.1) is 0 Å². The van der Waals surface area contributed by atoms with Gasteiger partial charge in [-0.15, -0.1) is 0 Å². The fourth-order valence-corrected chi connectivity index (χ4v) is 2.15. The number of hydrogen-bond acceptors (Lipinski definition) is 2. The molecule has 0 aliphatic heterocycles. The number of anilines is 1. The summed E-state index contributed by atoms with van der Waals surface area (Å²) >= 11 is 0. The van der Waals surface area contributed by atoms with E-state index >= 15 is 0 Å². The molecule has 2 rings (SSSR count). The minimum atomic E-state index is -0.908. The maximum Gasteiger partial charge on any atom is 0.407 e. The smallest absolute Gasteiger partial charge is 0.407 e. The van der Waals surface area contributed by atoms with Crippen molar-refractivity contribution in [3.8, 4) is 0 Å². The molecule has 4 heteroatoms. The zero-order chi connectivity index (χ0) is 15.2. The number of carboxylic acid groups (broad SMARTS) is 1. The van der Waals surface area contributed by atoms with Crippen LogP contribution in [0.3, 0.4) is 0 Å². The van der Waals surface area contributed by atoms with E-state index in [0.717, 1.165) is 16.8 Å². The molecule has 0 aliphatic carbocycles. The molecule has 0 unspecified atom stereocenters. The van der Waals surface area contributed by atoms with Crippen LogP contribution in [-0.4, -0.2) is 30.2 Å². The lowest BCUT2D eigenvalue weighted by Gasteiger charge is -2.20. The molecule has 0 bridgehead atoms. The SMILES string of the molecule is CN(C)c1cccc(CN(Cc2ccccc2)C(=O)O)c1. The van der Waals surface area contributed by atoms with Crippen LogP contribution in [-0.2, 0) is 13.1 Å². The largest absolute Gasteiger partial charge is 0.465 e. The van der Waals surface area contributed by atoms with Crippen LogP contribution >= 0.6 is 0 Å². The highest BCUT2D eigenvalue weighted by Crippen LogP contribution is 2.16. The summed E-state index contributed by atoms with van der Waals surface area (Å²) in [6.07, 6.45) is -0.908. The van der Waals surface area contributed by atoms with Crippen LogP contribution in [0.4, 0.5) is 10.5 Å². The number of nitrogens with zero attached hydrogens (tertiary/aromatic N) is 2. The Bertz CT molecular complexity index is 597. The van der Waals surface area contributed by atoms with Crippen molar-refractivity contribution in [2.45, 2.75) is 13.1 Å². The van der Waals surface area contributed by atoms with Crippen LogP contribution in [0.2, 0.25) is 0 Å². The summed E-state index contributed by atoms with van der Waals surface area (Å²) in [4.78, 5) is 14.9. The second-order valence-electron chi connectivity index (χ2n) is 5.19. The lowest BCUT2D eigenvalue weighted by molar-refractivity contribution is 0.139. The molecule has 110 valence electrons. The molecular formula is C17H20N2O2. The molecule has 21 heavy (non-hydrogen) atoms. The van der Waals surface area contributed by atoms with Gasteiger partial charge in [-0.3, -0.25) is 4.90 Å². The Kier molecular flexibility index (Phi) is 4.82. The molecule has 1 N–H and O–H groups in total. The molecule has 0 aromatic heterocycles. The molecule has 2 aromatic carbocycles. The van der Waals surface area contributed by atoms with Crippen LogP contribution in [0.5, 0.6) is 0 Å². The average Bonchev–Trinajstić information content (AvgIpc) is 2.48. The molecular weight excluding hydrogens is 264 g/mol. The Morgan fingerprint density at radius 3 is 2.19 bits per heavy atom. The van der Waals surface area contributed by atoms with Crippen molar-refractivity contribution in [2.75, 3.05) is 19.0 Å². The van der Waals surface area contributed by atoms with E-state index < -0.39 is 6.09 Å². The minimum absolute atomic E-state index is 0.381. The third kappa shape index (κ3) is 4.24. The predicted octanol–water partition coefficient (Wildman–Crippen LogP) is 3.43. The first-order valence-corrected chi connectivity index (χ1v) is 6.84. The highest BCUT2D eigenvalue weighted by molar-refractivity contribution is 5.65. The van der Waals surface area contributed by atoms with Crippen molar-refractivity contribution in [2.24, 2.45) is 0 Å². The van der Waals surface area contributed by atoms with Crippen molar-refractivity contribution in [3.05, 3.63) is 65.7 Å². The quantitative estimate of drug-likeness (QED) is 0.914. The summed E-state index contributed by atoms with van der Waals surface area (Å²) in [5.74, 6) is 0. The zero-order valence-corrected chi connectivity index (χ0v) is 12.4. The van der Waals surface area contributed by atoms with Crippen molar-refractivity contribution < 1.29 is 9.90 Å². The van der Waals surface area contributed by atoms with E-state index in [-0.39, 0.29) is 0 Å². The van der Waals surface area contributed by atoms with Crippen LogP contribution in [0.15, 0.2) is 54.6 Å². The van der Waals surface area contributed by atoms with Crippen LogP contribution < -0.4 is 4.90 Å². The third-order valence-electron chi connectivity index (χ3n) is 3.29. The molecule has 0 atom stereocenters. The Hall–Kier alpha value is -2.49. The van der Waals surface area contributed by atoms with Crippen molar-refractivity contribution in [3.63, 3.8) is 0 Å². The Labute approximate surface area is 125 Å². The van der Waals surface area contributed by atoms with Gasteiger partial charge in [-0.1, -0.05) is 42.5 Å². The van der Waals surface area contributed by atoms with Gasteiger partial charge in [0.15, 0.2) is 0 Å². The summed E-state index contributed by atoms with van der Waals surface area (Å²) in [5.41, 5.74) is 3.04. The normalized spacial score (nSPS) is 10.2. The summed E-state index contributed by atoms with van der Waals surface area (Å²) < 4.78 is 0. The van der Waals surface area contributed by atoms with Crippen molar-refractivity contribution >= 4 is 11.8 Å². The van der Waals surface area contributed by atoms with E-state index in [1.807, 2.05) is 73.6 Å². The standard InChI is InChI=1S/C17H20N2O2/c1-18(2)16-10-6-9-15(11-16)13-19(17(20)21)12-14-7-4-3-5-8-14/h3-11H,12-13H2,1-2H3,(H,20,21). The van der Waals surface area contributed by atoms with Gasteiger partial charge in [-0.05, 0) is 23.3 Å². The summed E-state index contributed by atoms with van der Waals surface area (Å²) in [6.45, 7) is 0.772. The van der Waals surface area contributed by atoms with Gasteiger partial charge >= 0.3 is 6.09 Å². The van der Waals surface area contributed by atoms with Crippen LogP contribution in [0.1, 0.15) is 11.1 Å². The first-order valence-electron chi connectivity index (χ1n) is 6.84. The van der Waals surface area contributed by atoms with Gasteiger partial charge in [-0.2, -0.15) is 0 Å². The third-order valence-corrected chi connectivity index (χ3v) is 3.29. The molecule has 0 fully saturated rings.